The Morgan fingerprint density at radius 3 is 2.75 bits per heavy atom. The van der Waals surface area contributed by atoms with Gasteiger partial charge in [0.15, 0.2) is 0 Å². The lowest BCUT2D eigenvalue weighted by Crippen LogP contribution is -2.10. The number of carbonyl (C=O) groups is 1. The molecule has 46 valence electrons. The van der Waals surface area contributed by atoms with E-state index in [2.05, 4.69) is 4.72 Å². The molecule has 1 saturated carbocycles. The minimum Gasteiger partial charge on any atom is -0.300 e. The molecule has 0 spiro atoms. The normalized spacial score (nSPS) is 18.1. The molecular weight excluding hydrogens is 122 g/mol. The van der Waals surface area contributed by atoms with Crippen LogP contribution < -0.4 is 4.72 Å². The van der Waals surface area contributed by atoms with E-state index in [-0.39, 0.29) is 5.91 Å². The molecule has 2 nitrogen and oxygen atoms in total. The topological polar surface area (TPSA) is 29.1 Å². The Labute approximate surface area is 53.2 Å². The second-order valence-electron chi connectivity index (χ2n) is 1.98. The molecule has 8 heavy (non-hydrogen) atoms. The second-order valence-corrected chi connectivity index (χ2v) is 3.08. The van der Waals surface area contributed by atoms with Gasteiger partial charge in [0.1, 0.15) is 0 Å². The molecule has 1 N–H and O–H groups in total. The van der Waals surface area contributed by atoms with Crippen molar-refractivity contribution >= 4 is 17.9 Å². The Morgan fingerprint density at radius 1 is 1.75 bits per heavy atom. The van der Waals surface area contributed by atoms with Crippen LogP contribution in [-0.2, 0) is 4.79 Å². The largest absolute Gasteiger partial charge is 0.300 e. The molecule has 0 aromatic heterocycles. The van der Waals surface area contributed by atoms with Crippen molar-refractivity contribution in [3.8, 4) is 0 Å². The summed E-state index contributed by atoms with van der Waals surface area (Å²) in [5, 5.41) is 0.721. The van der Waals surface area contributed by atoms with Crippen LogP contribution in [0, 0.1) is 0 Å². The van der Waals surface area contributed by atoms with Crippen LogP contribution in [0.3, 0.4) is 0 Å². The average Bonchev–Trinajstić information content (AvgIpc) is 2.41. The van der Waals surface area contributed by atoms with Gasteiger partial charge in [0, 0.05) is 12.2 Å². The number of carbonyl (C=O) groups excluding carboxylic acids is 1. The molecule has 1 rings (SSSR count). The van der Waals surface area contributed by atoms with Gasteiger partial charge in [-0.05, 0) is 24.8 Å². The zero-order valence-electron chi connectivity index (χ0n) is 4.81. The van der Waals surface area contributed by atoms with Crippen LogP contribution in [0.2, 0.25) is 0 Å². The van der Waals surface area contributed by atoms with Gasteiger partial charge in [-0.25, -0.2) is 0 Å². The molecule has 3 heteroatoms. The summed E-state index contributed by atoms with van der Waals surface area (Å²) in [7, 11) is 0. The van der Waals surface area contributed by atoms with Crippen LogP contribution >= 0.6 is 11.9 Å². The maximum atomic E-state index is 10.2. The van der Waals surface area contributed by atoms with Crippen LogP contribution in [-0.4, -0.2) is 11.2 Å². The van der Waals surface area contributed by atoms with Gasteiger partial charge < -0.3 is 4.72 Å². The van der Waals surface area contributed by atoms with Gasteiger partial charge >= 0.3 is 0 Å². The second kappa shape index (κ2) is 2.40. The van der Waals surface area contributed by atoms with Crippen molar-refractivity contribution < 1.29 is 4.79 Å². The molecule has 0 heterocycles. The molecule has 1 aliphatic rings. The molecule has 0 aliphatic heterocycles. The van der Waals surface area contributed by atoms with E-state index < -0.39 is 0 Å². The van der Waals surface area contributed by atoms with Gasteiger partial charge in [0.05, 0.1) is 0 Å². The van der Waals surface area contributed by atoms with Crippen molar-refractivity contribution in [3.63, 3.8) is 0 Å². The predicted molar refractivity (Wildman–Crippen MR) is 34.4 cm³/mol. The zero-order chi connectivity index (χ0) is 5.98. The molecular formula is C5H9NOS. The monoisotopic (exact) mass is 131 g/mol. The predicted octanol–water partition coefficient (Wildman–Crippen LogP) is 0.933. The average molecular weight is 131 g/mol. The third-order valence-corrected chi connectivity index (χ3v) is 2.10. The molecule has 0 aromatic carbocycles. The van der Waals surface area contributed by atoms with Crippen LogP contribution in [0.5, 0.6) is 0 Å². The highest BCUT2D eigenvalue weighted by molar-refractivity contribution is 7.98. The SMILES string of the molecule is CC(=O)NSC1CC1. The van der Waals surface area contributed by atoms with Gasteiger partial charge in [0.2, 0.25) is 5.91 Å². The Kier molecular flexibility index (Phi) is 1.78. The Morgan fingerprint density at radius 2 is 2.38 bits per heavy atom. The fourth-order valence-corrected chi connectivity index (χ4v) is 1.06. The van der Waals surface area contributed by atoms with E-state index >= 15 is 0 Å². The molecule has 0 radical (unpaired) electrons. The third-order valence-electron chi connectivity index (χ3n) is 0.894. The number of hydrogen-bond acceptors (Lipinski definition) is 2. The highest BCUT2D eigenvalue weighted by Crippen LogP contribution is 2.31. The number of amides is 1. The highest BCUT2D eigenvalue weighted by atomic mass is 32.2. The number of rotatable bonds is 2. The first-order valence-electron chi connectivity index (χ1n) is 2.71. The van der Waals surface area contributed by atoms with Crippen LogP contribution in [0.4, 0.5) is 0 Å². The minimum atomic E-state index is 0.0573. The van der Waals surface area contributed by atoms with Crippen LogP contribution in [0.1, 0.15) is 19.8 Å². The van der Waals surface area contributed by atoms with E-state index in [1.54, 1.807) is 11.9 Å². The Hall–Kier alpha value is -0.180. The first-order valence-corrected chi connectivity index (χ1v) is 3.59. The third kappa shape index (κ3) is 2.21. The lowest BCUT2D eigenvalue weighted by molar-refractivity contribution is -0.117. The maximum absolute atomic E-state index is 10.2. The summed E-state index contributed by atoms with van der Waals surface area (Å²) >= 11 is 1.55. The fourth-order valence-electron chi connectivity index (χ4n) is 0.352. The first kappa shape index (κ1) is 5.95. The summed E-state index contributed by atoms with van der Waals surface area (Å²) in [6, 6.07) is 0. The van der Waals surface area contributed by atoms with Gasteiger partial charge in [-0.2, -0.15) is 0 Å². The van der Waals surface area contributed by atoms with Crippen molar-refractivity contribution in [1.82, 2.24) is 4.72 Å². The molecule has 0 aromatic rings. The molecule has 0 atom stereocenters. The zero-order valence-corrected chi connectivity index (χ0v) is 5.62. The van der Waals surface area contributed by atoms with E-state index in [0.717, 1.165) is 5.25 Å². The highest BCUT2D eigenvalue weighted by Gasteiger charge is 2.22. The van der Waals surface area contributed by atoms with E-state index in [9.17, 15) is 4.79 Å². The van der Waals surface area contributed by atoms with Crippen molar-refractivity contribution in [2.24, 2.45) is 0 Å². The molecule has 0 bridgehead atoms. The van der Waals surface area contributed by atoms with Crippen molar-refractivity contribution in [1.29, 1.82) is 0 Å². The standard InChI is InChI=1S/C5H9NOS/c1-4(7)6-8-5-2-3-5/h5H,2-3H2,1H3,(H,6,7). The molecule has 1 amide bonds. The molecule has 0 unspecified atom stereocenters. The summed E-state index contributed by atoms with van der Waals surface area (Å²) in [4.78, 5) is 10.2. The Bertz CT molecular complexity index is 101. The van der Waals surface area contributed by atoms with E-state index in [0.29, 0.717) is 0 Å². The maximum Gasteiger partial charge on any atom is 0.226 e. The van der Waals surface area contributed by atoms with E-state index in [1.807, 2.05) is 0 Å². The lowest BCUT2D eigenvalue weighted by Gasteiger charge is -1.94. The summed E-state index contributed by atoms with van der Waals surface area (Å²) in [5.74, 6) is 0.0573. The van der Waals surface area contributed by atoms with Gasteiger partial charge in [-0.1, -0.05) is 0 Å². The van der Waals surface area contributed by atoms with Gasteiger partial charge in [-0.3, -0.25) is 4.79 Å². The molecule has 0 saturated heterocycles. The van der Waals surface area contributed by atoms with Crippen molar-refractivity contribution in [2.45, 2.75) is 25.0 Å². The number of hydrogen-bond donors (Lipinski definition) is 1. The minimum absolute atomic E-state index is 0.0573. The quantitative estimate of drug-likeness (QED) is 0.565. The van der Waals surface area contributed by atoms with E-state index in [1.165, 1.54) is 19.8 Å². The van der Waals surface area contributed by atoms with Crippen LogP contribution in [0.25, 0.3) is 0 Å². The number of nitrogens with one attached hydrogen (secondary N) is 1. The summed E-state index contributed by atoms with van der Waals surface area (Å²) in [6.45, 7) is 1.54. The summed E-state index contributed by atoms with van der Waals surface area (Å²) < 4.78 is 2.69. The fraction of sp³-hybridized carbons (Fsp3) is 0.800. The molecule has 1 aliphatic carbocycles. The molecule has 1 fully saturated rings. The van der Waals surface area contributed by atoms with Crippen molar-refractivity contribution in [3.05, 3.63) is 0 Å². The van der Waals surface area contributed by atoms with Crippen LogP contribution in [0.15, 0.2) is 0 Å². The van der Waals surface area contributed by atoms with Gasteiger partial charge in [0.25, 0.3) is 0 Å². The summed E-state index contributed by atoms with van der Waals surface area (Å²) in [6.07, 6.45) is 2.54. The summed E-state index contributed by atoms with van der Waals surface area (Å²) in [5.41, 5.74) is 0. The Balaban J connectivity index is 1.95. The van der Waals surface area contributed by atoms with E-state index in [4.69, 9.17) is 0 Å². The van der Waals surface area contributed by atoms with Crippen molar-refractivity contribution in [2.75, 3.05) is 0 Å². The first-order chi connectivity index (χ1) is 3.79. The lowest BCUT2D eigenvalue weighted by atomic mass is 10.8. The van der Waals surface area contributed by atoms with Gasteiger partial charge in [-0.15, -0.1) is 0 Å². The smallest absolute Gasteiger partial charge is 0.226 e.